The second-order valence-corrected chi connectivity index (χ2v) is 20.3. The van der Waals surface area contributed by atoms with Gasteiger partial charge in [0.2, 0.25) is 0 Å². The molecule has 1 aliphatic rings. The van der Waals surface area contributed by atoms with Crippen LogP contribution in [-0.2, 0) is 11.5 Å². The van der Waals surface area contributed by atoms with Crippen molar-refractivity contribution in [3.63, 3.8) is 0 Å². The highest BCUT2D eigenvalue weighted by atomic mass is 32.1. The Morgan fingerprint density at radius 2 is 1.88 bits per heavy atom. The third-order valence-electron chi connectivity index (χ3n) is 8.36. The number of nitrogens with zero attached hydrogens (tertiary/aromatic N) is 3. The summed E-state index contributed by atoms with van der Waals surface area (Å²) in [7, 11) is -1.32. The Balaban J connectivity index is 1.43. The van der Waals surface area contributed by atoms with Gasteiger partial charge in [-0.15, -0.1) is 14.1 Å². The summed E-state index contributed by atoms with van der Waals surface area (Å²) in [4.78, 5) is 4.59. The lowest BCUT2D eigenvalue weighted by Gasteiger charge is -2.26. The molecule has 1 atom stereocenters. The normalized spacial score (nSPS) is 13.7. The molecular weight excluding hydrogens is 677 g/mol. The summed E-state index contributed by atoms with van der Waals surface area (Å²) in [5.41, 5.74) is 2.26. The molecule has 2 aromatic carbocycles. The quantitative estimate of drug-likeness (QED) is 0.0596. The number of hydrogen-bond acceptors (Lipinski definition) is 7. The van der Waals surface area contributed by atoms with Gasteiger partial charge < -0.3 is 34.5 Å². The lowest BCUT2D eigenvalue weighted by Crippen LogP contribution is -2.34. The summed E-state index contributed by atoms with van der Waals surface area (Å²) >= 11 is 5.35. The predicted octanol–water partition coefficient (Wildman–Crippen LogP) is 8.44. The number of halogens is 2. The number of hydrogen-bond donors (Lipinski definition) is 3. The molecule has 9 nitrogen and oxygen atoms in total. The van der Waals surface area contributed by atoms with E-state index >= 15 is 8.78 Å². The minimum atomic E-state index is -1.32. The molecule has 1 unspecified atom stereocenters. The molecule has 0 aliphatic heterocycles. The standard InChI is InChI=1S/C37H45F2N5O4SSi/c1-23(2)47-32-9-8-26(15-27(32)18-40)29-20-44(22-46-12-13-50(3,4)5)36-34(29)33(10-11-41-36)48-35-30(38)16-28(17-31(35)39)43-37(49)42-19-25(21-45)14-24-6-7-24/h8-11,15-17,20,23-25,45H,6-7,12-14,19,21-22H2,1-5H3,(H2,42,43,49)/q-1. The number of fused-ring (bicyclic) bond motifs is 1. The SMILES string of the molecule is CC(C)Oc1ccc(-c2cn(COCC[Si-](C)(C)C)c3nccc(Oc4c(F)cc(NC(=S)NCC(CO)CC5CC5)cc4F)c23)cc1C#N. The number of aromatic nitrogens is 2. The van der Waals surface area contributed by atoms with Gasteiger partial charge in [0.25, 0.3) is 0 Å². The van der Waals surface area contributed by atoms with Gasteiger partial charge >= 0.3 is 0 Å². The van der Waals surface area contributed by atoms with Crippen LogP contribution in [0.3, 0.4) is 0 Å². The van der Waals surface area contributed by atoms with Crippen LogP contribution in [0.5, 0.6) is 17.2 Å². The lowest BCUT2D eigenvalue weighted by molar-refractivity contribution is 0.0899. The van der Waals surface area contributed by atoms with Crippen molar-refractivity contribution < 1.29 is 28.1 Å². The van der Waals surface area contributed by atoms with Crippen molar-refractivity contribution in [1.82, 2.24) is 14.9 Å². The predicted molar refractivity (Wildman–Crippen MR) is 198 cm³/mol. The van der Waals surface area contributed by atoms with Crippen molar-refractivity contribution in [1.29, 1.82) is 5.26 Å². The summed E-state index contributed by atoms with van der Waals surface area (Å²) in [6.45, 7) is 11.9. The van der Waals surface area contributed by atoms with Crippen molar-refractivity contribution in [3.8, 4) is 34.4 Å². The van der Waals surface area contributed by atoms with Crippen molar-refractivity contribution >= 4 is 42.1 Å². The zero-order valence-electron chi connectivity index (χ0n) is 29.2. The molecule has 2 aromatic heterocycles. The van der Waals surface area contributed by atoms with Crippen LogP contribution in [0.1, 0.15) is 38.7 Å². The Morgan fingerprint density at radius 1 is 1.14 bits per heavy atom. The Hall–Kier alpha value is -4.09. The van der Waals surface area contributed by atoms with Crippen LogP contribution < -0.4 is 20.1 Å². The van der Waals surface area contributed by atoms with Gasteiger partial charge in [0.05, 0.1) is 17.1 Å². The number of thiocarbonyl (C=S) groups is 1. The molecule has 1 saturated carbocycles. The average molecular weight is 722 g/mol. The maximum Gasteiger partial charge on any atom is 0.198 e. The molecule has 50 heavy (non-hydrogen) atoms. The smallest absolute Gasteiger partial charge is 0.198 e. The molecule has 267 valence electrons. The lowest BCUT2D eigenvalue weighted by atomic mass is 10.0. The number of anilines is 1. The van der Waals surface area contributed by atoms with Gasteiger partial charge in [0.1, 0.15) is 29.9 Å². The van der Waals surface area contributed by atoms with E-state index in [2.05, 4.69) is 41.3 Å². The highest BCUT2D eigenvalue weighted by Gasteiger charge is 2.25. The first kappa shape index (κ1) is 37.2. The third-order valence-corrected chi connectivity index (χ3v) is 10.3. The summed E-state index contributed by atoms with van der Waals surface area (Å²) in [6.07, 6.45) is 6.51. The first-order chi connectivity index (χ1) is 23.8. The molecule has 4 aromatic rings. The zero-order valence-corrected chi connectivity index (χ0v) is 31.0. The fourth-order valence-corrected chi connectivity index (χ4v) is 6.53. The van der Waals surface area contributed by atoms with E-state index in [0.29, 0.717) is 52.5 Å². The fraction of sp³-hybridized carbons (Fsp3) is 0.432. The number of pyridine rings is 1. The topological polar surface area (TPSA) is 114 Å². The fourth-order valence-electron chi connectivity index (χ4n) is 5.57. The molecule has 1 aliphatic carbocycles. The van der Waals surface area contributed by atoms with Gasteiger partial charge in [0, 0.05) is 55.5 Å². The van der Waals surface area contributed by atoms with Crippen molar-refractivity contribution in [2.45, 2.75) is 71.6 Å². The molecule has 2 heterocycles. The molecule has 13 heteroatoms. The zero-order chi connectivity index (χ0) is 36.0. The Labute approximate surface area is 298 Å². The van der Waals surface area contributed by atoms with Gasteiger partial charge in [-0.05, 0) is 68.1 Å². The van der Waals surface area contributed by atoms with Gasteiger partial charge in [-0.3, -0.25) is 0 Å². The average Bonchev–Trinajstić information content (AvgIpc) is 3.80. The van der Waals surface area contributed by atoms with Crippen LogP contribution in [0.2, 0.25) is 25.7 Å². The van der Waals surface area contributed by atoms with Crippen LogP contribution in [-0.4, -0.2) is 53.7 Å². The molecule has 5 rings (SSSR count). The van der Waals surface area contributed by atoms with Crippen molar-refractivity contribution in [2.24, 2.45) is 11.8 Å². The van der Waals surface area contributed by atoms with Crippen LogP contribution in [0.25, 0.3) is 22.2 Å². The molecule has 0 bridgehead atoms. The maximum absolute atomic E-state index is 15.6. The number of rotatable bonds is 16. The Bertz CT molecular complexity index is 1850. The summed E-state index contributed by atoms with van der Waals surface area (Å²) < 4.78 is 50.8. The highest BCUT2D eigenvalue weighted by Crippen LogP contribution is 2.41. The maximum atomic E-state index is 15.6. The molecule has 1 fully saturated rings. The van der Waals surface area contributed by atoms with E-state index in [1.54, 1.807) is 18.2 Å². The molecule has 0 saturated heterocycles. The van der Waals surface area contributed by atoms with Crippen LogP contribution in [0, 0.1) is 34.8 Å². The first-order valence-corrected chi connectivity index (χ1v) is 21.1. The van der Waals surface area contributed by atoms with Crippen LogP contribution in [0.4, 0.5) is 14.5 Å². The Morgan fingerprint density at radius 3 is 2.52 bits per heavy atom. The molecule has 0 radical (unpaired) electrons. The van der Waals surface area contributed by atoms with Gasteiger partial charge in [0.15, 0.2) is 22.5 Å². The van der Waals surface area contributed by atoms with Gasteiger partial charge in [-0.1, -0.05) is 18.9 Å². The number of aliphatic hydroxyl groups is 1. The number of benzene rings is 2. The summed E-state index contributed by atoms with van der Waals surface area (Å²) in [5.74, 6) is -1.12. The van der Waals surface area contributed by atoms with E-state index < -0.39 is 25.5 Å². The molecule has 0 spiro atoms. The summed E-state index contributed by atoms with van der Waals surface area (Å²) in [6, 6.07) is 12.2. The second kappa shape index (κ2) is 16.3. The third kappa shape index (κ3) is 9.78. The molecule has 0 amide bonds. The van der Waals surface area contributed by atoms with Crippen LogP contribution >= 0.6 is 12.2 Å². The number of nitriles is 1. The van der Waals surface area contributed by atoms with Gasteiger partial charge in [-0.25, -0.2) is 13.8 Å². The van der Waals surface area contributed by atoms with E-state index in [-0.39, 0.29) is 41.9 Å². The highest BCUT2D eigenvalue weighted by molar-refractivity contribution is 7.80. The van der Waals surface area contributed by atoms with Gasteiger partial charge in [-0.2, -0.15) is 24.9 Å². The van der Waals surface area contributed by atoms with E-state index in [0.717, 1.165) is 24.6 Å². The first-order valence-electron chi connectivity index (χ1n) is 16.9. The monoisotopic (exact) mass is 721 g/mol. The molecule has 3 N–H and O–H groups in total. The minimum absolute atomic E-state index is 0.0394. The summed E-state index contributed by atoms with van der Waals surface area (Å²) in [5, 5.41) is 26.2. The van der Waals surface area contributed by atoms with E-state index in [9.17, 15) is 10.4 Å². The minimum Gasteiger partial charge on any atom is -0.490 e. The van der Waals surface area contributed by atoms with Crippen molar-refractivity contribution in [2.75, 3.05) is 25.1 Å². The van der Waals surface area contributed by atoms with E-state index in [1.807, 2.05) is 30.7 Å². The Kier molecular flexibility index (Phi) is 12.1. The van der Waals surface area contributed by atoms with E-state index in [4.69, 9.17) is 26.4 Å². The number of nitrogens with one attached hydrogen (secondary N) is 2. The number of aliphatic hydroxyl groups excluding tert-OH is 1. The largest absolute Gasteiger partial charge is 0.490 e. The van der Waals surface area contributed by atoms with Crippen LogP contribution in [0.15, 0.2) is 48.8 Å². The molecular formula is C37H45F2N5O4SSi-. The van der Waals surface area contributed by atoms with E-state index in [1.165, 1.54) is 19.0 Å². The number of ether oxygens (including phenoxy) is 3. The second-order valence-electron chi connectivity index (χ2n) is 14.3. The van der Waals surface area contributed by atoms with Crippen molar-refractivity contribution in [3.05, 3.63) is 66.0 Å².